The van der Waals surface area contributed by atoms with Gasteiger partial charge in [-0.3, -0.25) is 19.3 Å². The van der Waals surface area contributed by atoms with Gasteiger partial charge < -0.3 is 10.1 Å². The monoisotopic (exact) mass is 450 g/mol. The summed E-state index contributed by atoms with van der Waals surface area (Å²) in [6, 6.07) is 9.32. The molecule has 6 nitrogen and oxygen atoms in total. The summed E-state index contributed by atoms with van der Waals surface area (Å²) >= 11 is 0.685. The molecule has 3 rings (SSSR count). The third-order valence-electron chi connectivity index (χ3n) is 4.37. The molecule has 0 unspecified atom stereocenters. The van der Waals surface area contributed by atoms with Gasteiger partial charge in [-0.2, -0.15) is 13.2 Å². The number of methoxy groups -OCH3 is 1. The van der Waals surface area contributed by atoms with E-state index in [1.165, 1.54) is 19.3 Å². The first-order valence-electron chi connectivity index (χ1n) is 8.95. The Morgan fingerprint density at radius 1 is 1.19 bits per heavy atom. The van der Waals surface area contributed by atoms with Crippen LogP contribution < -0.4 is 10.1 Å². The molecule has 0 aliphatic carbocycles. The number of benzene rings is 2. The zero-order valence-electron chi connectivity index (χ0n) is 16.4. The molecule has 2 aromatic rings. The molecule has 1 saturated heterocycles. The van der Waals surface area contributed by atoms with E-state index < -0.39 is 35.3 Å². The molecule has 0 aromatic heterocycles. The van der Waals surface area contributed by atoms with Crippen molar-refractivity contribution in [3.8, 4) is 5.75 Å². The van der Waals surface area contributed by atoms with Gasteiger partial charge in [0.25, 0.3) is 11.1 Å². The second kappa shape index (κ2) is 8.84. The minimum atomic E-state index is -4.56. The molecule has 0 atom stereocenters. The van der Waals surface area contributed by atoms with Crippen LogP contribution in [-0.2, 0) is 15.8 Å². The standard InChI is InChI=1S/C21H17F3N2O4S/c1-12-8-13(6-7-16(12)30-2)9-17-19(28)26(20(29)31-17)11-18(27)25-15-5-3-4-14(10-15)21(22,23)24/h3-10H,11H2,1-2H3,(H,25,27)/b17-9-. The van der Waals surface area contributed by atoms with Crippen molar-refractivity contribution in [2.24, 2.45) is 0 Å². The van der Waals surface area contributed by atoms with Crippen molar-refractivity contribution in [1.29, 1.82) is 0 Å². The Kier molecular flexibility index (Phi) is 6.40. The van der Waals surface area contributed by atoms with Gasteiger partial charge in [-0.25, -0.2) is 0 Å². The van der Waals surface area contributed by atoms with E-state index in [4.69, 9.17) is 4.74 Å². The molecule has 0 saturated carbocycles. The summed E-state index contributed by atoms with van der Waals surface area (Å²) in [6.07, 6.45) is -3.03. The predicted molar refractivity (Wildman–Crippen MR) is 110 cm³/mol. The molecule has 0 spiro atoms. The average molecular weight is 450 g/mol. The average Bonchev–Trinajstić information content (AvgIpc) is 2.95. The number of amides is 3. The van der Waals surface area contributed by atoms with Gasteiger partial charge in [-0.05, 0) is 66.2 Å². The number of rotatable bonds is 5. The summed E-state index contributed by atoms with van der Waals surface area (Å²) in [5, 5.41) is 1.64. The van der Waals surface area contributed by atoms with Crippen molar-refractivity contribution >= 4 is 40.6 Å². The van der Waals surface area contributed by atoms with E-state index in [1.807, 2.05) is 6.92 Å². The summed E-state index contributed by atoms with van der Waals surface area (Å²) in [5.74, 6) is -0.762. The molecule has 3 amide bonds. The number of carbonyl (C=O) groups is 3. The molecule has 1 aliphatic rings. The molecule has 2 aromatic carbocycles. The van der Waals surface area contributed by atoms with Gasteiger partial charge in [0.15, 0.2) is 0 Å². The van der Waals surface area contributed by atoms with Crippen LogP contribution in [0.25, 0.3) is 6.08 Å². The number of imide groups is 1. The number of halogens is 3. The normalized spacial score (nSPS) is 15.5. The lowest BCUT2D eigenvalue weighted by Crippen LogP contribution is -2.36. The number of ether oxygens (including phenoxy) is 1. The molecule has 1 fully saturated rings. The van der Waals surface area contributed by atoms with Crippen molar-refractivity contribution in [2.45, 2.75) is 13.1 Å². The second-order valence-electron chi connectivity index (χ2n) is 6.62. The highest BCUT2D eigenvalue weighted by Gasteiger charge is 2.36. The Hall–Kier alpha value is -3.27. The van der Waals surface area contributed by atoms with E-state index >= 15 is 0 Å². The highest BCUT2D eigenvalue weighted by atomic mass is 32.2. The minimum Gasteiger partial charge on any atom is -0.496 e. The van der Waals surface area contributed by atoms with Gasteiger partial charge in [0, 0.05) is 5.69 Å². The summed E-state index contributed by atoms with van der Waals surface area (Å²) < 4.78 is 43.6. The number of anilines is 1. The van der Waals surface area contributed by atoms with Crippen LogP contribution >= 0.6 is 11.8 Å². The van der Waals surface area contributed by atoms with Gasteiger partial charge in [-0.15, -0.1) is 0 Å². The number of nitrogens with zero attached hydrogens (tertiary/aromatic N) is 1. The number of carbonyl (C=O) groups excluding carboxylic acids is 3. The zero-order valence-corrected chi connectivity index (χ0v) is 17.3. The fourth-order valence-corrected chi connectivity index (χ4v) is 3.73. The molecular weight excluding hydrogens is 433 g/mol. The van der Waals surface area contributed by atoms with Crippen LogP contribution in [0.4, 0.5) is 23.7 Å². The van der Waals surface area contributed by atoms with Crippen LogP contribution in [0.3, 0.4) is 0 Å². The maximum absolute atomic E-state index is 12.8. The molecular formula is C21H17F3N2O4S. The first-order chi connectivity index (χ1) is 14.6. The van der Waals surface area contributed by atoms with E-state index in [-0.39, 0.29) is 10.6 Å². The van der Waals surface area contributed by atoms with E-state index in [0.29, 0.717) is 23.1 Å². The third-order valence-corrected chi connectivity index (χ3v) is 5.27. The Morgan fingerprint density at radius 2 is 1.94 bits per heavy atom. The predicted octanol–water partition coefficient (Wildman–Crippen LogP) is 4.70. The smallest absolute Gasteiger partial charge is 0.416 e. The largest absolute Gasteiger partial charge is 0.496 e. The first-order valence-corrected chi connectivity index (χ1v) is 9.77. The quantitative estimate of drug-likeness (QED) is 0.669. The van der Waals surface area contributed by atoms with Crippen LogP contribution in [0.1, 0.15) is 16.7 Å². The van der Waals surface area contributed by atoms with Crippen LogP contribution in [-0.4, -0.2) is 35.6 Å². The fourth-order valence-electron chi connectivity index (χ4n) is 2.90. The van der Waals surface area contributed by atoms with E-state index in [2.05, 4.69) is 5.32 Å². The number of alkyl halides is 3. The maximum Gasteiger partial charge on any atom is 0.416 e. The number of aryl methyl sites for hydroxylation is 1. The topological polar surface area (TPSA) is 75.7 Å². The maximum atomic E-state index is 12.8. The molecule has 0 bridgehead atoms. The van der Waals surface area contributed by atoms with Gasteiger partial charge in [0.1, 0.15) is 12.3 Å². The van der Waals surface area contributed by atoms with Gasteiger partial charge in [0.05, 0.1) is 17.6 Å². The number of thioether (sulfide) groups is 1. The van der Waals surface area contributed by atoms with E-state index in [0.717, 1.165) is 28.7 Å². The van der Waals surface area contributed by atoms with Gasteiger partial charge in [-0.1, -0.05) is 12.1 Å². The summed E-state index contributed by atoms with van der Waals surface area (Å²) in [4.78, 5) is 37.9. The van der Waals surface area contributed by atoms with E-state index in [1.54, 1.807) is 18.2 Å². The Bertz CT molecular complexity index is 1080. The fraction of sp³-hybridized carbons (Fsp3) is 0.190. The zero-order chi connectivity index (χ0) is 22.8. The molecule has 31 heavy (non-hydrogen) atoms. The van der Waals surface area contributed by atoms with Crippen molar-refractivity contribution in [1.82, 2.24) is 4.90 Å². The Balaban J connectivity index is 1.70. The molecule has 1 heterocycles. The molecule has 10 heteroatoms. The van der Waals surface area contributed by atoms with Crippen LogP contribution in [0, 0.1) is 6.92 Å². The van der Waals surface area contributed by atoms with Crippen molar-refractivity contribution < 1.29 is 32.3 Å². The Labute approximate surface area is 180 Å². The Morgan fingerprint density at radius 3 is 2.58 bits per heavy atom. The summed E-state index contributed by atoms with van der Waals surface area (Å²) in [6.45, 7) is 1.22. The lowest BCUT2D eigenvalue weighted by molar-refractivity contribution is -0.137. The summed E-state index contributed by atoms with van der Waals surface area (Å²) in [7, 11) is 1.54. The lowest BCUT2D eigenvalue weighted by atomic mass is 10.1. The molecule has 162 valence electrons. The number of hydrogen-bond donors (Lipinski definition) is 1. The molecule has 1 N–H and O–H groups in total. The minimum absolute atomic E-state index is 0.0870. The lowest BCUT2D eigenvalue weighted by Gasteiger charge is -2.13. The van der Waals surface area contributed by atoms with Crippen molar-refractivity contribution in [2.75, 3.05) is 19.0 Å². The summed E-state index contributed by atoms with van der Waals surface area (Å²) in [5.41, 5.74) is 0.512. The van der Waals surface area contributed by atoms with Crippen LogP contribution in [0.2, 0.25) is 0 Å². The highest BCUT2D eigenvalue weighted by molar-refractivity contribution is 8.18. The SMILES string of the molecule is COc1ccc(/C=C2\SC(=O)N(CC(=O)Nc3cccc(C(F)(F)F)c3)C2=O)cc1C. The highest BCUT2D eigenvalue weighted by Crippen LogP contribution is 2.33. The first kappa shape index (κ1) is 22.4. The van der Waals surface area contributed by atoms with Gasteiger partial charge in [0.2, 0.25) is 5.91 Å². The second-order valence-corrected chi connectivity index (χ2v) is 7.62. The van der Waals surface area contributed by atoms with Crippen molar-refractivity contribution in [3.05, 3.63) is 64.1 Å². The molecule has 0 radical (unpaired) electrons. The number of nitrogens with one attached hydrogen (secondary N) is 1. The number of hydrogen-bond acceptors (Lipinski definition) is 5. The van der Waals surface area contributed by atoms with Crippen LogP contribution in [0.5, 0.6) is 5.75 Å². The molecule has 1 aliphatic heterocycles. The van der Waals surface area contributed by atoms with Crippen molar-refractivity contribution in [3.63, 3.8) is 0 Å². The van der Waals surface area contributed by atoms with Gasteiger partial charge >= 0.3 is 6.18 Å². The van der Waals surface area contributed by atoms with Crippen LogP contribution in [0.15, 0.2) is 47.4 Å². The third kappa shape index (κ3) is 5.26. The van der Waals surface area contributed by atoms with E-state index in [9.17, 15) is 27.6 Å².